The lowest BCUT2D eigenvalue weighted by molar-refractivity contribution is -0.146. The predicted molar refractivity (Wildman–Crippen MR) is 61.7 cm³/mol. The van der Waals surface area contributed by atoms with E-state index in [2.05, 4.69) is 6.92 Å². The standard InChI is InChI=1S/C13H24O2/c1-4-11(5-2)12(14)13(15)8-6-10(3)7-9-13/h10-11,15H,4-9H2,1-3H3. The molecule has 1 saturated carbocycles. The Labute approximate surface area is 93.1 Å². The molecule has 0 radical (unpaired) electrons. The van der Waals surface area contributed by atoms with E-state index in [0.29, 0.717) is 18.8 Å². The molecule has 1 rings (SSSR count). The highest BCUT2D eigenvalue weighted by molar-refractivity contribution is 5.89. The Hall–Kier alpha value is -0.370. The molecule has 0 bridgehead atoms. The monoisotopic (exact) mass is 212 g/mol. The van der Waals surface area contributed by atoms with Gasteiger partial charge in [-0.1, -0.05) is 20.8 Å². The fraction of sp³-hybridized carbons (Fsp3) is 0.923. The Bertz CT molecular complexity index is 211. The summed E-state index contributed by atoms with van der Waals surface area (Å²) in [4.78, 5) is 12.1. The summed E-state index contributed by atoms with van der Waals surface area (Å²) in [5.41, 5.74) is -0.997. The number of aliphatic hydroxyl groups is 1. The number of carbonyl (C=O) groups excluding carboxylic acids is 1. The predicted octanol–water partition coefficient (Wildman–Crippen LogP) is 2.93. The van der Waals surface area contributed by atoms with Gasteiger partial charge in [0.05, 0.1) is 0 Å². The molecule has 0 saturated heterocycles. The molecule has 88 valence electrons. The van der Waals surface area contributed by atoms with E-state index in [1.165, 1.54) is 0 Å². The third-order valence-corrected chi connectivity index (χ3v) is 3.92. The molecule has 1 fully saturated rings. The molecule has 0 aliphatic heterocycles. The summed E-state index contributed by atoms with van der Waals surface area (Å²) < 4.78 is 0. The van der Waals surface area contributed by atoms with Crippen LogP contribution in [0.4, 0.5) is 0 Å². The Morgan fingerprint density at radius 1 is 1.33 bits per heavy atom. The summed E-state index contributed by atoms with van der Waals surface area (Å²) >= 11 is 0. The SMILES string of the molecule is CCC(CC)C(=O)C1(O)CCC(C)CC1. The van der Waals surface area contributed by atoms with E-state index in [4.69, 9.17) is 0 Å². The minimum atomic E-state index is -0.997. The van der Waals surface area contributed by atoms with Crippen molar-refractivity contribution in [3.63, 3.8) is 0 Å². The van der Waals surface area contributed by atoms with Crippen LogP contribution < -0.4 is 0 Å². The second-order valence-corrected chi connectivity index (χ2v) is 5.09. The highest BCUT2D eigenvalue weighted by Crippen LogP contribution is 2.35. The molecule has 0 aromatic rings. The summed E-state index contributed by atoms with van der Waals surface area (Å²) in [7, 11) is 0. The second kappa shape index (κ2) is 5.11. The van der Waals surface area contributed by atoms with Gasteiger partial charge in [-0.2, -0.15) is 0 Å². The van der Waals surface area contributed by atoms with Crippen LogP contribution in [0.3, 0.4) is 0 Å². The molecule has 0 heterocycles. The summed E-state index contributed by atoms with van der Waals surface area (Å²) in [5.74, 6) is 0.822. The van der Waals surface area contributed by atoms with E-state index in [1.807, 2.05) is 13.8 Å². The van der Waals surface area contributed by atoms with Gasteiger partial charge in [-0.25, -0.2) is 0 Å². The molecule has 0 spiro atoms. The lowest BCUT2D eigenvalue weighted by Crippen LogP contribution is -2.45. The fourth-order valence-electron chi connectivity index (χ4n) is 2.53. The van der Waals surface area contributed by atoms with Gasteiger partial charge in [0.1, 0.15) is 5.60 Å². The zero-order valence-corrected chi connectivity index (χ0v) is 10.3. The average Bonchev–Trinajstić information content (AvgIpc) is 2.24. The Morgan fingerprint density at radius 2 is 1.80 bits per heavy atom. The maximum absolute atomic E-state index is 12.1. The van der Waals surface area contributed by atoms with E-state index in [0.717, 1.165) is 25.7 Å². The molecule has 1 N–H and O–H groups in total. The lowest BCUT2D eigenvalue weighted by atomic mass is 9.73. The van der Waals surface area contributed by atoms with E-state index in [9.17, 15) is 9.90 Å². The minimum Gasteiger partial charge on any atom is -0.382 e. The molecule has 0 atom stereocenters. The molecule has 0 amide bonds. The molecule has 1 aliphatic carbocycles. The van der Waals surface area contributed by atoms with Gasteiger partial charge < -0.3 is 5.11 Å². The van der Waals surface area contributed by atoms with Crippen LogP contribution in [-0.4, -0.2) is 16.5 Å². The van der Waals surface area contributed by atoms with E-state index >= 15 is 0 Å². The van der Waals surface area contributed by atoms with E-state index in [-0.39, 0.29) is 11.7 Å². The molecule has 0 aromatic heterocycles. The molecule has 0 aromatic carbocycles. The van der Waals surface area contributed by atoms with E-state index < -0.39 is 5.60 Å². The van der Waals surface area contributed by atoms with Crippen LogP contribution in [0.2, 0.25) is 0 Å². The van der Waals surface area contributed by atoms with Crippen LogP contribution in [0.1, 0.15) is 59.3 Å². The molecule has 15 heavy (non-hydrogen) atoms. The highest BCUT2D eigenvalue weighted by atomic mass is 16.3. The maximum atomic E-state index is 12.1. The number of hydrogen-bond donors (Lipinski definition) is 1. The lowest BCUT2D eigenvalue weighted by Gasteiger charge is -2.35. The quantitative estimate of drug-likeness (QED) is 0.778. The van der Waals surface area contributed by atoms with Crippen molar-refractivity contribution in [1.29, 1.82) is 0 Å². The first-order chi connectivity index (χ1) is 7.03. The van der Waals surface area contributed by atoms with Crippen LogP contribution in [0.25, 0.3) is 0 Å². The van der Waals surface area contributed by atoms with Crippen molar-refractivity contribution in [2.24, 2.45) is 11.8 Å². The van der Waals surface area contributed by atoms with Gasteiger partial charge in [-0.15, -0.1) is 0 Å². The van der Waals surface area contributed by atoms with Crippen LogP contribution in [-0.2, 0) is 4.79 Å². The van der Waals surface area contributed by atoms with Crippen LogP contribution in [0.15, 0.2) is 0 Å². The van der Waals surface area contributed by atoms with Crippen molar-refractivity contribution >= 4 is 5.78 Å². The maximum Gasteiger partial charge on any atom is 0.167 e. The van der Waals surface area contributed by atoms with Crippen molar-refractivity contribution in [1.82, 2.24) is 0 Å². The van der Waals surface area contributed by atoms with Gasteiger partial charge in [0.15, 0.2) is 5.78 Å². The average molecular weight is 212 g/mol. The van der Waals surface area contributed by atoms with Gasteiger partial charge in [-0.05, 0) is 44.4 Å². The summed E-state index contributed by atoms with van der Waals surface area (Å²) in [6, 6.07) is 0. The zero-order chi connectivity index (χ0) is 11.5. The van der Waals surface area contributed by atoms with Crippen molar-refractivity contribution in [3.8, 4) is 0 Å². The fourth-order valence-corrected chi connectivity index (χ4v) is 2.53. The first-order valence-electron chi connectivity index (χ1n) is 6.30. The third kappa shape index (κ3) is 2.81. The number of Topliss-reactive ketones (excluding diaryl/α,β-unsaturated/α-hetero) is 1. The molecular formula is C13H24O2. The van der Waals surface area contributed by atoms with Crippen molar-refractivity contribution in [2.45, 2.75) is 64.9 Å². The Kier molecular flexibility index (Phi) is 4.32. The van der Waals surface area contributed by atoms with Crippen LogP contribution in [0, 0.1) is 11.8 Å². The largest absolute Gasteiger partial charge is 0.382 e. The molecule has 2 heteroatoms. The Morgan fingerprint density at radius 3 is 2.20 bits per heavy atom. The van der Waals surface area contributed by atoms with Gasteiger partial charge in [0, 0.05) is 5.92 Å². The smallest absolute Gasteiger partial charge is 0.167 e. The molecular weight excluding hydrogens is 188 g/mol. The Balaban J connectivity index is 2.64. The molecule has 0 unspecified atom stereocenters. The topological polar surface area (TPSA) is 37.3 Å². The second-order valence-electron chi connectivity index (χ2n) is 5.09. The van der Waals surface area contributed by atoms with Crippen molar-refractivity contribution in [2.75, 3.05) is 0 Å². The van der Waals surface area contributed by atoms with Gasteiger partial charge >= 0.3 is 0 Å². The number of hydrogen-bond acceptors (Lipinski definition) is 2. The van der Waals surface area contributed by atoms with Crippen molar-refractivity contribution < 1.29 is 9.90 Å². The summed E-state index contributed by atoms with van der Waals surface area (Å²) in [6.45, 7) is 6.25. The number of ketones is 1. The zero-order valence-electron chi connectivity index (χ0n) is 10.3. The highest BCUT2D eigenvalue weighted by Gasteiger charge is 2.40. The van der Waals surface area contributed by atoms with Crippen molar-refractivity contribution in [3.05, 3.63) is 0 Å². The summed E-state index contributed by atoms with van der Waals surface area (Å²) in [6.07, 6.45) is 5.03. The van der Waals surface area contributed by atoms with Gasteiger partial charge in [-0.3, -0.25) is 4.79 Å². The normalized spacial score (nSPS) is 31.9. The van der Waals surface area contributed by atoms with Crippen LogP contribution >= 0.6 is 0 Å². The third-order valence-electron chi connectivity index (χ3n) is 3.92. The number of rotatable bonds is 4. The minimum absolute atomic E-state index is 0.0587. The van der Waals surface area contributed by atoms with Gasteiger partial charge in [0.25, 0.3) is 0 Å². The van der Waals surface area contributed by atoms with Gasteiger partial charge in [0.2, 0.25) is 0 Å². The first-order valence-corrected chi connectivity index (χ1v) is 6.30. The summed E-state index contributed by atoms with van der Waals surface area (Å²) in [5, 5.41) is 10.3. The molecule has 1 aliphatic rings. The first kappa shape index (κ1) is 12.7. The van der Waals surface area contributed by atoms with Crippen LogP contribution in [0.5, 0.6) is 0 Å². The van der Waals surface area contributed by atoms with E-state index in [1.54, 1.807) is 0 Å². The number of carbonyl (C=O) groups is 1. The molecule has 2 nitrogen and oxygen atoms in total.